The summed E-state index contributed by atoms with van der Waals surface area (Å²) in [4.78, 5) is 0. The van der Waals surface area contributed by atoms with E-state index in [-0.39, 0.29) is 0 Å². The lowest BCUT2D eigenvalue weighted by atomic mass is 9.81. The highest BCUT2D eigenvalue weighted by Gasteiger charge is 2.42. The minimum absolute atomic E-state index is 0.669. The summed E-state index contributed by atoms with van der Waals surface area (Å²) in [7, 11) is 6.63. The predicted octanol–water partition coefficient (Wildman–Crippen LogP) is 9.57. The Kier molecular flexibility index (Phi) is 7.72. The van der Waals surface area contributed by atoms with Gasteiger partial charge < -0.3 is 28.4 Å². The minimum Gasteiger partial charge on any atom is -0.497 e. The molecule has 0 spiro atoms. The molecule has 0 bridgehead atoms. The molecule has 2 atom stereocenters. The van der Waals surface area contributed by atoms with Crippen LogP contribution in [0.2, 0.25) is 0 Å². The Morgan fingerprint density at radius 1 is 0.460 bits per heavy atom. The lowest BCUT2D eigenvalue weighted by molar-refractivity contribution is 0.156. The fraction of sp³-hybridized carbons (Fsp3) is 0.136. The van der Waals surface area contributed by atoms with Crippen LogP contribution in [0.1, 0.15) is 33.4 Å². The van der Waals surface area contributed by atoms with Crippen LogP contribution in [0, 0.1) is 0 Å². The van der Waals surface area contributed by atoms with Crippen molar-refractivity contribution in [2.45, 2.75) is 11.2 Å². The number of benzene rings is 6. The van der Waals surface area contributed by atoms with Crippen molar-refractivity contribution in [1.29, 1.82) is 0 Å². The molecule has 0 saturated heterocycles. The van der Waals surface area contributed by atoms with Gasteiger partial charge in [0.15, 0.2) is 11.2 Å². The van der Waals surface area contributed by atoms with Crippen molar-refractivity contribution in [2.24, 2.45) is 0 Å². The van der Waals surface area contributed by atoms with Crippen LogP contribution in [0.3, 0.4) is 0 Å². The number of fused-ring (bicyclic) bond motifs is 5. The number of methoxy groups -OCH3 is 4. The first-order valence-corrected chi connectivity index (χ1v) is 16.5. The van der Waals surface area contributed by atoms with Crippen molar-refractivity contribution in [3.05, 3.63) is 167 Å². The lowest BCUT2D eigenvalue weighted by Crippen LogP contribution is -2.35. The first kappa shape index (κ1) is 31.1. The Hall–Kier alpha value is -6.14. The zero-order chi connectivity index (χ0) is 34.3. The topological polar surface area (TPSA) is 55.4 Å². The Morgan fingerprint density at radius 2 is 0.900 bits per heavy atom. The van der Waals surface area contributed by atoms with Gasteiger partial charge in [-0.15, -0.1) is 0 Å². The summed E-state index contributed by atoms with van der Waals surface area (Å²) >= 11 is 0. The standard InChI is InChI=1S/C44H36O6/c1-45-32-17-19-36(40(27-32)47-3)43(30-11-7-5-8-12-30)25-23-34-38(49-43)21-15-29-16-22-39-35(42(29)34)24-26-44(50-39,31-13-9-6-10-14-31)37-20-18-33(46-2)28-41(37)48-4/h5-28H,1-4H3. The van der Waals surface area contributed by atoms with Gasteiger partial charge in [0.1, 0.15) is 34.5 Å². The minimum atomic E-state index is -0.950. The van der Waals surface area contributed by atoms with Gasteiger partial charge >= 0.3 is 0 Å². The van der Waals surface area contributed by atoms with Gasteiger partial charge in [0.25, 0.3) is 0 Å². The first-order valence-electron chi connectivity index (χ1n) is 16.5. The fourth-order valence-electron chi connectivity index (χ4n) is 7.25. The van der Waals surface area contributed by atoms with Crippen LogP contribution in [0.25, 0.3) is 22.9 Å². The third-order valence-electron chi connectivity index (χ3n) is 9.72. The molecular weight excluding hydrogens is 624 g/mol. The van der Waals surface area contributed by atoms with Crippen LogP contribution in [0.5, 0.6) is 34.5 Å². The molecule has 0 amide bonds. The second-order valence-electron chi connectivity index (χ2n) is 12.3. The molecule has 6 nitrogen and oxygen atoms in total. The Morgan fingerprint density at radius 3 is 1.30 bits per heavy atom. The quantitative estimate of drug-likeness (QED) is 0.162. The zero-order valence-electron chi connectivity index (χ0n) is 28.3. The largest absolute Gasteiger partial charge is 0.497 e. The molecule has 6 heteroatoms. The molecule has 2 heterocycles. The van der Waals surface area contributed by atoms with E-state index in [0.29, 0.717) is 23.0 Å². The van der Waals surface area contributed by atoms with Crippen LogP contribution < -0.4 is 28.4 Å². The van der Waals surface area contributed by atoms with E-state index in [1.54, 1.807) is 28.4 Å². The fourth-order valence-corrected chi connectivity index (χ4v) is 7.25. The SMILES string of the molecule is COc1ccc(C2(c3ccccc3)C=Cc3c(ccc4ccc5c(c34)C=CC(c3ccccc3)(c3ccc(OC)cc3OC)O5)O2)c(OC)c1. The van der Waals surface area contributed by atoms with Crippen molar-refractivity contribution in [3.8, 4) is 34.5 Å². The van der Waals surface area contributed by atoms with Gasteiger partial charge in [-0.2, -0.15) is 0 Å². The zero-order valence-corrected chi connectivity index (χ0v) is 28.3. The van der Waals surface area contributed by atoms with E-state index >= 15 is 0 Å². The van der Waals surface area contributed by atoms with E-state index in [2.05, 4.69) is 60.7 Å². The Bertz CT molecular complexity index is 2120. The van der Waals surface area contributed by atoms with E-state index < -0.39 is 11.2 Å². The van der Waals surface area contributed by atoms with Crippen molar-refractivity contribution in [1.82, 2.24) is 0 Å². The van der Waals surface area contributed by atoms with Crippen LogP contribution >= 0.6 is 0 Å². The van der Waals surface area contributed by atoms with Gasteiger partial charge in [0.05, 0.1) is 28.4 Å². The van der Waals surface area contributed by atoms with Gasteiger partial charge in [-0.1, -0.05) is 72.8 Å². The predicted molar refractivity (Wildman–Crippen MR) is 197 cm³/mol. The first-order chi connectivity index (χ1) is 24.5. The van der Waals surface area contributed by atoms with E-state index in [9.17, 15) is 0 Å². The highest BCUT2D eigenvalue weighted by molar-refractivity contribution is 6.02. The summed E-state index contributed by atoms with van der Waals surface area (Å²) in [5.41, 5.74) is 3.74. The smallest absolute Gasteiger partial charge is 0.181 e. The maximum atomic E-state index is 7.14. The molecule has 0 saturated carbocycles. The molecule has 6 aromatic carbocycles. The number of hydrogen-bond donors (Lipinski definition) is 0. The van der Waals surface area contributed by atoms with Crippen LogP contribution in [0.4, 0.5) is 0 Å². The van der Waals surface area contributed by atoms with Gasteiger partial charge in [0.2, 0.25) is 0 Å². The third-order valence-corrected chi connectivity index (χ3v) is 9.72. The molecule has 0 radical (unpaired) electrons. The molecule has 6 aromatic rings. The molecule has 0 N–H and O–H groups in total. The summed E-state index contributed by atoms with van der Waals surface area (Å²) in [6.07, 6.45) is 8.57. The normalized spacial score (nSPS) is 18.7. The lowest BCUT2D eigenvalue weighted by Gasteiger charge is -2.38. The van der Waals surface area contributed by atoms with Crippen molar-refractivity contribution < 1.29 is 28.4 Å². The average Bonchev–Trinajstić information content (AvgIpc) is 3.20. The molecule has 2 unspecified atom stereocenters. The van der Waals surface area contributed by atoms with Crippen molar-refractivity contribution in [3.63, 3.8) is 0 Å². The van der Waals surface area contributed by atoms with E-state index in [1.807, 2.05) is 84.9 Å². The Labute approximate surface area is 291 Å². The molecule has 0 aliphatic carbocycles. The molecule has 0 fully saturated rings. The number of rotatable bonds is 8. The number of hydrogen-bond acceptors (Lipinski definition) is 6. The molecule has 2 aliphatic rings. The van der Waals surface area contributed by atoms with Gasteiger partial charge in [-0.25, -0.2) is 0 Å². The van der Waals surface area contributed by atoms with Crippen LogP contribution in [-0.2, 0) is 11.2 Å². The van der Waals surface area contributed by atoms with E-state index in [4.69, 9.17) is 28.4 Å². The highest BCUT2D eigenvalue weighted by atomic mass is 16.5. The summed E-state index contributed by atoms with van der Waals surface area (Å²) in [6.45, 7) is 0. The maximum Gasteiger partial charge on any atom is 0.181 e. The molecular formula is C44H36O6. The molecule has 8 rings (SSSR count). The van der Waals surface area contributed by atoms with E-state index in [1.165, 1.54) is 0 Å². The van der Waals surface area contributed by atoms with Crippen molar-refractivity contribution >= 4 is 22.9 Å². The van der Waals surface area contributed by atoms with Gasteiger partial charge in [0, 0.05) is 50.9 Å². The maximum absolute atomic E-state index is 7.14. The molecule has 2 aliphatic heterocycles. The summed E-state index contributed by atoms with van der Waals surface area (Å²) in [5.74, 6) is 4.25. The number of ether oxygens (including phenoxy) is 6. The second kappa shape index (κ2) is 12.4. The summed E-state index contributed by atoms with van der Waals surface area (Å²) < 4.78 is 37.1. The average molecular weight is 661 g/mol. The van der Waals surface area contributed by atoms with Gasteiger partial charge in [-0.05, 0) is 66.1 Å². The Balaban J connectivity index is 1.30. The highest BCUT2D eigenvalue weighted by Crippen LogP contribution is 2.51. The molecule has 0 aromatic heterocycles. The summed E-state index contributed by atoms with van der Waals surface area (Å²) in [5, 5.41) is 2.12. The van der Waals surface area contributed by atoms with Crippen LogP contribution in [0.15, 0.2) is 133 Å². The monoisotopic (exact) mass is 660 g/mol. The van der Waals surface area contributed by atoms with Crippen molar-refractivity contribution in [2.75, 3.05) is 28.4 Å². The molecule has 50 heavy (non-hydrogen) atoms. The second-order valence-corrected chi connectivity index (χ2v) is 12.3. The molecule has 248 valence electrons. The van der Waals surface area contributed by atoms with Crippen LogP contribution in [-0.4, -0.2) is 28.4 Å². The van der Waals surface area contributed by atoms with Gasteiger partial charge in [-0.3, -0.25) is 0 Å². The third kappa shape index (κ3) is 4.86. The van der Waals surface area contributed by atoms with E-state index in [0.717, 1.165) is 55.7 Å². The summed E-state index contributed by atoms with van der Waals surface area (Å²) in [6, 6.07) is 40.4.